The average Bonchev–Trinajstić information content (AvgIpc) is 3.54. The van der Waals surface area contributed by atoms with Crippen LogP contribution in [0, 0.1) is 0 Å². The molecule has 3 aromatic heterocycles. The number of benzene rings is 6. The molecule has 0 aliphatic heterocycles. The highest BCUT2D eigenvalue weighted by molar-refractivity contribution is 6.12. The normalized spacial score (nSPS) is 11.4. The first kappa shape index (κ1) is 26.9. The van der Waals surface area contributed by atoms with Crippen LogP contribution in [0.4, 0.5) is 0 Å². The van der Waals surface area contributed by atoms with Crippen molar-refractivity contribution in [2.24, 2.45) is 0 Å². The highest BCUT2D eigenvalue weighted by atomic mass is 16.3. The van der Waals surface area contributed by atoms with Crippen molar-refractivity contribution < 1.29 is 4.42 Å². The summed E-state index contributed by atoms with van der Waals surface area (Å²) in [6, 6.07) is 49.8. The van der Waals surface area contributed by atoms with E-state index in [1.807, 2.05) is 85.1 Å². The molecule has 0 fully saturated rings. The van der Waals surface area contributed by atoms with Gasteiger partial charge in [0.15, 0.2) is 23.1 Å². The number of nitrogens with zero attached hydrogens (tertiary/aromatic N) is 4. The maximum absolute atomic E-state index is 6.09. The summed E-state index contributed by atoms with van der Waals surface area (Å²) in [6.07, 6.45) is 3.71. The van der Waals surface area contributed by atoms with Crippen molar-refractivity contribution in [3.63, 3.8) is 0 Å². The molecule has 0 spiro atoms. The van der Waals surface area contributed by atoms with Crippen molar-refractivity contribution >= 4 is 32.7 Å². The van der Waals surface area contributed by atoms with E-state index in [1.54, 1.807) is 6.20 Å². The lowest BCUT2D eigenvalue weighted by Crippen LogP contribution is -2.00. The number of pyridine rings is 1. The van der Waals surface area contributed by atoms with Crippen LogP contribution in [0.1, 0.15) is 0 Å². The van der Waals surface area contributed by atoms with Gasteiger partial charge in [0, 0.05) is 39.2 Å². The van der Waals surface area contributed by atoms with Gasteiger partial charge in [0.05, 0.1) is 6.20 Å². The van der Waals surface area contributed by atoms with E-state index in [1.165, 1.54) is 0 Å². The van der Waals surface area contributed by atoms with Gasteiger partial charge in [-0.05, 0) is 39.6 Å². The number of fused-ring (bicyclic) bond motifs is 4. The van der Waals surface area contributed by atoms with Crippen LogP contribution in [0.15, 0.2) is 162 Å². The molecular formula is C42H26N4O. The fourth-order valence-corrected chi connectivity index (χ4v) is 6.40. The van der Waals surface area contributed by atoms with E-state index in [4.69, 9.17) is 19.4 Å². The lowest BCUT2D eigenvalue weighted by atomic mass is 9.93. The molecule has 0 aliphatic rings. The molecule has 9 rings (SSSR count). The molecule has 0 unspecified atom stereocenters. The molecule has 9 aromatic rings. The van der Waals surface area contributed by atoms with Crippen LogP contribution in [-0.4, -0.2) is 19.9 Å². The topological polar surface area (TPSA) is 64.7 Å². The molecule has 6 aromatic carbocycles. The lowest BCUT2D eigenvalue weighted by Gasteiger charge is -2.13. The second-order valence-electron chi connectivity index (χ2n) is 11.5. The van der Waals surface area contributed by atoms with Gasteiger partial charge in [-0.2, -0.15) is 0 Å². The number of para-hydroxylation sites is 1. The van der Waals surface area contributed by atoms with Gasteiger partial charge in [-0.3, -0.25) is 4.98 Å². The summed E-state index contributed by atoms with van der Waals surface area (Å²) in [4.78, 5) is 19.4. The van der Waals surface area contributed by atoms with Crippen LogP contribution >= 0.6 is 0 Å². The molecule has 0 N–H and O–H groups in total. The third-order valence-electron chi connectivity index (χ3n) is 8.66. The minimum absolute atomic E-state index is 0.642. The predicted molar refractivity (Wildman–Crippen MR) is 190 cm³/mol. The summed E-state index contributed by atoms with van der Waals surface area (Å²) in [5.74, 6) is 1.94. The molecule has 0 saturated heterocycles. The smallest absolute Gasteiger partial charge is 0.164 e. The Balaban J connectivity index is 1.16. The second-order valence-corrected chi connectivity index (χ2v) is 11.5. The quantitative estimate of drug-likeness (QED) is 0.196. The van der Waals surface area contributed by atoms with Gasteiger partial charge in [0.2, 0.25) is 0 Å². The first-order valence-corrected chi connectivity index (χ1v) is 15.6. The van der Waals surface area contributed by atoms with E-state index in [0.29, 0.717) is 17.5 Å². The van der Waals surface area contributed by atoms with E-state index < -0.39 is 0 Å². The van der Waals surface area contributed by atoms with E-state index in [-0.39, 0.29) is 0 Å². The molecule has 5 nitrogen and oxygen atoms in total. The standard InChI is InChI=1S/C42H26N4O/c1-3-11-29(12-4-1)40-44-41(30-13-5-2-6-14-30)46-42(45-40)34-24-23-31(32-15-7-8-16-33(32)34)27-19-21-28(22-20-27)36-25-43-26-38-39(36)35-17-9-10-18-37(35)47-38/h1-26H. The van der Waals surface area contributed by atoms with Crippen molar-refractivity contribution in [3.05, 3.63) is 158 Å². The maximum atomic E-state index is 6.09. The molecule has 3 heterocycles. The van der Waals surface area contributed by atoms with Gasteiger partial charge >= 0.3 is 0 Å². The second kappa shape index (κ2) is 11.2. The predicted octanol–water partition coefficient (Wildman–Crippen LogP) is 10.7. The minimum atomic E-state index is 0.642. The number of aromatic nitrogens is 4. The fourth-order valence-electron chi connectivity index (χ4n) is 6.40. The van der Waals surface area contributed by atoms with Crippen molar-refractivity contribution in [1.29, 1.82) is 0 Å². The zero-order valence-electron chi connectivity index (χ0n) is 25.2. The number of furan rings is 1. The molecule has 0 amide bonds. The molecular weight excluding hydrogens is 576 g/mol. The van der Waals surface area contributed by atoms with Crippen LogP contribution in [0.2, 0.25) is 0 Å². The van der Waals surface area contributed by atoms with Gasteiger partial charge in [-0.1, -0.05) is 133 Å². The highest BCUT2D eigenvalue weighted by Crippen LogP contribution is 2.39. The highest BCUT2D eigenvalue weighted by Gasteiger charge is 2.17. The van der Waals surface area contributed by atoms with Crippen LogP contribution < -0.4 is 0 Å². The lowest BCUT2D eigenvalue weighted by molar-refractivity contribution is 0.667. The van der Waals surface area contributed by atoms with Crippen molar-refractivity contribution in [1.82, 2.24) is 19.9 Å². The van der Waals surface area contributed by atoms with Crippen LogP contribution in [0.5, 0.6) is 0 Å². The Morgan fingerprint density at radius 2 is 0.851 bits per heavy atom. The van der Waals surface area contributed by atoms with Crippen molar-refractivity contribution in [2.75, 3.05) is 0 Å². The first-order valence-electron chi connectivity index (χ1n) is 15.6. The van der Waals surface area contributed by atoms with E-state index in [9.17, 15) is 0 Å². The molecule has 0 radical (unpaired) electrons. The Hall–Kier alpha value is -6.46. The molecule has 220 valence electrons. The van der Waals surface area contributed by atoms with Crippen LogP contribution in [-0.2, 0) is 0 Å². The molecule has 0 saturated carbocycles. The van der Waals surface area contributed by atoms with Crippen LogP contribution in [0.25, 0.3) is 89.1 Å². The Bertz CT molecular complexity index is 2500. The van der Waals surface area contributed by atoms with Gasteiger partial charge in [0.1, 0.15) is 5.58 Å². The fraction of sp³-hybridized carbons (Fsp3) is 0. The summed E-state index contributed by atoms with van der Waals surface area (Å²) in [6.45, 7) is 0. The Kier molecular flexibility index (Phi) is 6.39. The monoisotopic (exact) mass is 602 g/mol. The summed E-state index contributed by atoms with van der Waals surface area (Å²) in [7, 11) is 0. The van der Waals surface area contributed by atoms with Gasteiger partial charge in [0.25, 0.3) is 0 Å². The summed E-state index contributed by atoms with van der Waals surface area (Å²) in [5.41, 5.74) is 8.92. The third-order valence-corrected chi connectivity index (χ3v) is 8.66. The first-order chi connectivity index (χ1) is 23.3. The Labute approximate surface area is 270 Å². The molecule has 5 heteroatoms. The van der Waals surface area contributed by atoms with Gasteiger partial charge in [-0.25, -0.2) is 15.0 Å². The van der Waals surface area contributed by atoms with Gasteiger partial charge in [-0.15, -0.1) is 0 Å². The van der Waals surface area contributed by atoms with Crippen molar-refractivity contribution in [3.8, 4) is 56.4 Å². The average molecular weight is 603 g/mol. The number of hydrogen-bond donors (Lipinski definition) is 0. The summed E-state index contributed by atoms with van der Waals surface area (Å²) < 4.78 is 6.09. The maximum Gasteiger partial charge on any atom is 0.164 e. The Morgan fingerprint density at radius 1 is 0.340 bits per heavy atom. The van der Waals surface area contributed by atoms with E-state index in [2.05, 4.69) is 71.7 Å². The third kappa shape index (κ3) is 4.73. The molecule has 0 bridgehead atoms. The van der Waals surface area contributed by atoms with Crippen molar-refractivity contribution in [2.45, 2.75) is 0 Å². The largest absolute Gasteiger partial charge is 0.454 e. The molecule has 0 aliphatic carbocycles. The van der Waals surface area contributed by atoms with E-state index in [0.717, 1.165) is 71.7 Å². The summed E-state index contributed by atoms with van der Waals surface area (Å²) in [5, 5.41) is 4.39. The van der Waals surface area contributed by atoms with Crippen LogP contribution in [0.3, 0.4) is 0 Å². The number of rotatable bonds is 5. The molecule has 0 atom stereocenters. The van der Waals surface area contributed by atoms with E-state index >= 15 is 0 Å². The number of hydrogen-bond acceptors (Lipinski definition) is 5. The minimum Gasteiger partial charge on any atom is -0.454 e. The zero-order chi connectivity index (χ0) is 31.2. The zero-order valence-corrected chi connectivity index (χ0v) is 25.2. The van der Waals surface area contributed by atoms with Gasteiger partial charge < -0.3 is 4.42 Å². The SMILES string of the molecule is c1ccc(-c2nc(-c3ccccc3)nc(-c3ccc(-c4ccc(-c5cncc6oc7ccccc7c56)cc4)c4ccccc34)n2)cc1. The Morgan fingerprint density at radius 3 is 1.51 bits per heavy atom. The summed E-state index contributed by atoms with van der Waals surface area (Å²) >= 11 is 0. The molecule has 47 heavy (non-hydrogen) atoms.